The summed E-state index contributed by atoms with van der Waals surface area (Å²) in [5, 5.41) is 9.86. The molecule has 0 unspecified atom stereocenters. The summed E-state index contributed by atoms with van der Waals surface area (Å²) in [7, 11) is 1.26. The van der Waals surface area contributed by atoms with Crippen LogP contribution in [-0.2, 0) is 9.53 Å². The number of allylic oxidation sites excluding steroid dienone is 2. The lowest BCUT2D eigenvalue weighted by Gasteiger charge is -2.05. The van der Waals surface area contributed by atoms with Crippen molar-refractivity contribution in [3.8, 4) is 0 Å². The number of hydroxylamine groups is 1. The molecule has 0 fully saturated rings. The number of hydrogen-bond donors (Lipinski definition) is 1. The van der Waals surface area contributed by atoms with Crippen molar-refractivity contribution >= 4 is 17.6 Å². The summed E-state index contributed by atoms with van der Waals surface area (Å²) in [5.41, 5.74) is 2.23. The monoisotopic (exact) mass is 216 g/mol. The topological polar surface area (TPSA) is 61.4 Å². The molecule has 5 heteroatoms. The number of alkyl halides is 1. The highest BCUT2D eigenvalue weighted by atomic mass is 35.5. The Morgan fingerprint density at radius 1 is 1.71 bits per heavy atom. The molecule has 0 saturated carbocycles. The van der Waals surface area contributed by atoms with Crippen LogP contribution in [0.15, 0.2) is 36.1 Å². The molecule has 0 aromatic carbocycles. The second-order valence-corrected chi connectivity index (χ2v) is 2.55. The van der Waals surface area contributed by atoms with Crippen LogP contribution in [-0.4, -0.2) is 19.0 Å². The zero-order valence-corrected chi connectivity index (χ0v) is 8.50. The number of hydrogen-bond acceptors (Lipinski definition) is 4. The van der Waals surface area contributed by atoms with Crippen LogP contribution in [0.2, 0.25) is 0 Å². The predicted octanol–water partition coefficient (Wildman–Crippen LogP) is 1.48. The van der Waals surface area contributed by atoms with Gasteiger partial charge < -0.3 is 15.4 Å². The number of methoxy groups -OCH3 is 1. The van der Waals surface area contributed by atoms with E-state index < -0.39 is 5.97 Å². The van der Waals surface area contributed by atoms with Crippen LogP contribution in [0.4, 0.5) is 0 Å². The SMILES string of the molecule is C=C(CCl)/C(=C\C=C/N[O-])C(=O)OC. The first kappa shape index (κ1) is 12.7. The van der Waals surface area contributed by atoms with Gasteiger partial charge in [-0.05, 0) is 23.9 Å². The van der Waals surface area contributed by atoms with E-state index in [0.29, 0.717) is 5.57 Å². The van der Waals surface area contributed by atoms with Crippen molar-refractivity contribution in [2.75, 3.05) is 13.0 Å². The van der Waals surface area contributed by atoms with Crippen LogP contribution in [0.3, 0.4) is 0 Å². The van der Waals surface area contributed by atoms with Crippen molar-refractivity contribution in [2.24, 2.45) is 0 Å². The van der Waals surface area contributed by atoms with Gasteiger partial charge in [-0.3, -0.25) is 0 Å². The fourth-order valence-electron chi connectivity index (χ4n) is 0.696. The van der Waals surface area contributed by atoms with E-state index in [2.05, 4.69) is 11.3 Å². The number of nitrogens with one attached hydrogen (secondary N) is 1. The summed E-state index contributed by atoms with van der Waals surface area (Å²) in [4.78, 5) is 11.2. The van der Waals surface area contributed by atoms with Gasteiger partial charge in [0.05, 0.1) is 12.7 Å². The molecule has 0 heterocycles. The third-order valence-corrected chi connectivity index (χ3v) is 1.70. The molecule has 0 saturated heterocycles. The van der Waals surface area contributed by atoms with Crippen molar-refractivity contribution in [3.05, 3.63) is 41.3 Å². The highest BCUT2D eigenvalue weighted by Crippen LogP contribution is 2.11. The summed E-state index contributed by atoms with van der Waals surface area (Å²) < 4.78 is 4.51. The molecule has 1 N–H and O–H groups in total. The molecule has 0 aromatic heterocycles. The highest BCUT2D eigenvalue weighted by molar-refractivity contribution is 6.20. The second-order valence-electron chi connectivity index (χ2n) is 2.29. The summed E-state index contributed by atoms with van der Waals surface area (Å²) in [6.45, 7) is 3.59. The lowest BCUT2D eigenvalue weighted by atomic mass is 10.1. The van der Waals surface area contributed by atoms with E-state index in [0.717, 1.165) is 6.20 Å². The Labute approximate surface area is 87.5 Å². The van der Waals surface area contributed by atoms with Gasteiger partial charge in [0, 0.05) is 5.88 Å². The Balaban J connectivity index is 4.71. The van der Waals surface area contributed by atoms with Crippen molar-refractivity contribution < 1.29 is 9.53 Å². The van der Waals surface area contributed by atoms with Crippen LogP contribution in [0, 0.1) is 5.21 Å². The number of halogens is 1. The smallest absolute Gasteiger partial charge is 0.338 e. The summed E-state index contributed by atoms with van der Waals surface area (Å²) >= 11 is 5.51. The van der Waals surface area contributed by atoms with Crippen molar-refractivity contribution in [3.63, 3.8) is 0 Å². The molecular formula is C9H11ClNO3-. The Kier molecular flexibility index (Phi) is 6.53. The summed E-state index contributed by atoms with van der Waals surface area (Å²) in [6, 6.07) is 0. The second kappa shape index (κ2) is 7.17. The highest BCUT2D eigenvalue weighted by Gasteiger charge is 2.11. The van der Waals surface area contributed by atoms with Crippen LogP contribution < -0.4 is 5.48 Å². The molecule has 0 spiro atoms. The molecule has 4 nitrogen and oxygen atoms in total. The van der Waals surface area contributed by atoms with Crippen LogP contribution in [0.5, 0.6) is 0 Å². The number of rotatable bonds is 5. The van der Waals surface area contributed by atoms with E-state index in [9.17, 15) is 10.0 Å². The average molecular weight is 217 g/mol. The largest absolute Gasteiger partial charge is 0.761 e. The molecule has 0 aromatic rings. The molecule has 0 amide bonds. The summed E-state index contributed by atoms with van der Waals surface area (Å²) in [6.07, 6.45) is 3.91. The standard InChI is InChI=1S/C9H11ClNO3/c1-7(6-10)8(9(12)14-2)4-3-5-11-13/h3-5,11H,1,6H2,2H3/q-1/b5-3-,8-4+. The maximum absolute atomic E-state index is 11.2. The van der Waals surface area contributed by atoms with E-state index in [1.807, 2.05) is 0 Å². The van der Waals surface area contributed by atoms with E-state index in [4.69, 9.17) is 11.6 Å². The minimum absolute atomic E-state index is 0.125. The van der Waals surface area contributed by atoms with Gasteiger partial charge in [0.25, 0.3) is 0 Å². The number of esters is 1. The molecule has 78 valence electrons. The molecule has 14 heavy (non-hydrogen) atoms. The molecule has 0 aliphatic heterocycles. The Morgan fingerprint density at radius 2 is 2.36 bits per heavy atom. The predicted molar refractivity (Wildman–Crippen MR) is 55.6 cm³/mol. The van der Waals surface area contributed by atoms with E-state index in [1.165, 1.54) is 19.3 Å². The van der Waals surface area contributed by atoms with Crippen molar-refractivity contribution in [2.45, 2.75) is 0 Å². The fourth-order valence-corrected chi connectivity index (χ4v) is 0.840. The van der Waals surface area contributed by atoms with Crippen LogP contribution in [0.25, 0.3) is 0 Å². The van der Waals surface area contributed by atoms with Gasteiger partial charge in [-0.1, -0.05) is 6.58 Å². The molecule has 0 atom stereocenters. The number of carbonyl (C=O) groups excluding carboxylic acids is 1. The first-order valence-electron chi connectivity index (χ1n) is 3.74. The lowest BCUT2D eigenvalue weighted by molar-refractivity contribution is -0.135. The van der Waals surface area contributed by atoms with Gasteiger partial charge >= 0.3 is 5.97 Å². The van der Waals surface area contributed by atoms with Crippen LogP contribution in [0.1, 0.15) is 0 Å². The van der Waals surface area contributed by atoms with Gasteiger partial charge in [0.1, 0.15) is 0 Å². The zero-order valence-electron chi connectivity index (χ0n) is 7.75. The minimum Gasteiger partial charge on any atom is -0.761 e. The lowest BCUT2D eigenvalue weighted by Crippen LogP contribution is -2.07. The van der Waals surface area contributed by atoms with Crippen molar-refractivity contribution in [1.82, 2.24) is 5.48 Å². The quantitative estimate of drug-likeness (QED) is 0.249. The maximum Gasteiger partial charge on any atom is 0.338 e. The maximum atomic E-state index is 11.2. The van der Waals surface area contributed by atoms with E-state index >= 15 is 0 Å². The molecule has 0 rings (SSSR count). The average Bonchev–Trinajstić information content (AvgIpc) is 2.22. The van der Waals surface area contributed by atoms with Gasteiger partial charge in [-0.15, -0.1) is 11.6 Å². The number of ether oxygens (including phenoxy) is 1. The molecule has 0 bridgehead atoms. The molecule has 0 aliphatic carbocycles. The molecule has 0 radical (unpaired) electrons. The normalized spacial score (nSPS) is 11.5. The van der Waals surface area contributed by atoms with Gasteiger partial charge in [0.15, 0.2) is 0 Å². The molecular weight excluding hydrogens is 206 g/mol. The first-order chi connectivity index (χ1) is 6.67. The molecule has 0 aliphatic rings. The summed E-state index contributed by atoms with van der Waals surface area (Å²) in [5.74, 6) is -0.411. The third-order valence-electron chi connectivity index (χ3n) is 1.37. The van der Waals surface area contributed by atoms with Gasteiger partial charge in [-0.2, -0.15) is 0 Å². The number of carbonyl (C=O) groups is 1. The van der Waals surface area contributed by atoms with E-state index in [-0.39, 0.29) is 11.5 Å². The Morgan fingerprint density at radius 3 is 2.79 bits per heavy atom. The van der Waals surface area contributed by atoms with Gasteiger partial charge in [-0.25, -0.2) is 4.79 Å². The van der Waals surface area contributed by atoms with E-state index in [1.54, 1.807) is 5.48 Å². The van der Waals surface area contributed by atoms with Gasteiger partial charge in [0.2, 0.25) is 0 Å². The van der Waals surface area contributed by atoms with Crippen molar-refractivity contribution in [1.29, 1.82) is 0 Å². The fraction of sp³-hybridized carbons (Fsp3) is 0.222. The van der Waals surface area contributed by atoms with Crippen LogP contribution >= 0.6 is 11.6 Å². The first-order valence-corrected chi connectivity index (χ1v) is 4.27. The zero-order chi connectivity index (χ0) is 11.0. The Hall–Kier alpha value is -1.26. The Bertz CT molecular complexity index is 253. The third kappa shape index (κ3) is 4.11. The minimum atomic E-state index is -0.536.